The van der Waals surface area contributed by atoms with Crippen molar-refractivity contribution in [3.63, 3.8) is 0 Å². The van der Waals surface area contributed by atoms with Crippen LogP contribution in [-0.4, -0.2) is 44.3 Å². The monoisotopic (exact) mass is 315 g/mol. The van der Waals surface area contributed by atoms with Crippen molar-refractivity contribution < 1.29 is 14.7 Å². The predicted octanol–water partition coefficient (Wildman–Crippen LogP) is 2.26. The quantitative estimate of drug-likeness (QED) is 0.850. The third-order valence-electron chi connectivity index (χ3n) is 3.79. The second kappa shape index (κ2) is 7.58. The number of rotatable bonds is 7. The maximum Gasteiger partial charge on any atom is 0.323 e. The third kappa shape index (κ3) is 4.42. The molecule has 0 aliphatic rings. The van der Waals surface area contributed by atoms with E-state index < -0.39 is 5.97 Å². The van der Waals surface area contributed by atoms with Gasteiger partial charge in [0.15, 0.2) is 0 Å². The van der Waals surface area contributed by atoms with Crippen molar-refractivity contribution in [2.45, 2.75) is 32.9 Å². The maximum absolute atomic E-state index is 12.6. The van der Waals surface area contributed by atoms with Gasteiger partial charge >= 0.3 is 5.97 Å². The van der Waals surface area contributed by atoms with Crippen LogP contribution >= 0.6 is 0 Å². The molecule has 1 amide bonds. The Balaban J connectivity index is 2.12. The lowest BCUT2D eigenvalue weighted by Gasteiger charge is -2.27. The molecule has 1 N–H and O–H groups in total. The highest BCUT2D eigenvalue weighted by Gasteiger charge is 2.22. The molecule has 1 aromatic carbocycles. The number of hydrogen-bond donors (Lipinski definition) is 1. The summed E-state index contributed by atoms with van der Waals surface area (Å²) in [5, 5.41) is 13.1. The molecule has 0 fully saturated rings. The van der Waals surface area contributed by atoms with Gasteiger partial charge in [0.05, 0.1) is 6.54 Å². The average molecular weight is 315 g/mol. The molecule has 122 valence electrons. The first-order valence-corrected chi connectivity index (χ1v) is 7.60. The number of benzene rings is 1. The summed E-state index contributed by atoms with van der Waals surface area (Å²) in [7, 11) is 0. The van der Waals surface area contributed by atoms with E-state index in [9.17, 15) is 9.59 Å². The topological polar surface area (TPSA) is 75.4 Å². The van der Waals surface area contributed by atoms with Gasteiger partial charge in [-0.3, -0.25) is 14.3 Å². The van der Waals surface area contributed by atoms with Crippen LogP contribution in [0, 0.1) is 0 Å². The van der Waals surface area contributed by atoms with Crippen molar-refractivity contribution in [2.75, 3.05) is 6.54 Å². The first kappa shape index (κ1) is 16.7. The zero-order chi connectivity index (χ0) is 16.8. The van der Waals surface area contributed by atoms with E-state index in [-0.39, 0.29) is 18.5 Å². The van der Waals surface area contributed by atoms with E-state index in [2.05, 4.69) is 5.10 Å². The molecule has 6 heteroatoms. The number of carbonyl (C=O) groups excluding carboxylic acids is 1. The van der Waals surface area contributed by atoms with Crippen molar-refractivity contribution in [2.24, 2.45) is 0 Å². The van der Waals surface area contributed by atoms with E-state index >= 15 is 0 Å². The largest absolute Gasteiger partial charge is 0.480 e. The normalized spacial score (nSPS) is 11.9. The van der Waals surface area contributed by atoms with Crippen LogP contribution in [0.2, 0.25) is 0 Å². The summed E-state index contributed by atoms with van der Waals surface area (Å²) in [5.41, 5.74) is 1.52. The summed E-state index contributed by atoms with van der Waals surface area (Å²) in [6.45, 7) is 4.13. The number of carbonyl (C=O) groups is 2. The Labute approximate surface area is 135 Å². The minimum atomic E-state index is -1.01. The molecular weight excluding hydrogens is 294 g/mol. The van der Waals surface area contributed by atoms with Gasteiger partial charge in [0.1, 0.15) is 6.54 Å². The highest BCUT2D eigenvalue weighted by atomic mass is 16.4. The lowest BCUT2D eigenvalue weighted by atomic mass is 10.1. The van der Waals surface area contributed by atoms with Gasteiger partial charge in [-0.2, -0.15) is 5.10 Å². The second-order valence-electron chi connectivity index (χ2n) is 5.48. The molecule has 0 aliphatic carbocycles. The van der Waals surface area contributed by atoms with E-state index in [1.165, 1.54) is 4.90 Å². The molecule has 0 aliphatic heterocycles. The van der Waals surface area contributed by atoms with Crippen molar-refractivity contribution in [3.8, 4) is 0 Å². The fraction of sp³-hybridized carbons (Fsp3) is 0.353. The Morgan fingerprint density at radius 3 is 2.52 bits per heavy atom. The Morgan fingerprint density at radius 1 is 1.30 bits per heavy atom. The van der Waals surface area contributed by atoms with Gasteiger partial charge in [-0.25, -0.2) is 0 Å². The minimum absolute atomic E-state index is 0.123. The van der Waals surface area contributed by atoms with E-state index in [1.807, 2.05) is 38.2 Å². The van der Waals surface area contributed by atoms with Gasteiger partial charge in [0.2, 0.25) is 0 Å². The fourth-order valence-corrected chi connectivity index (χ4v) is 2.29. The van der Waals surface area contributed by atoms with Crippen LogP contribution in [0.1, 0.15) is 36.2 Å². The smallest absolute Gasteiger partial charge is 0.323 e. The van der Waals surface area contributed by atoms with Crippen LogP contribution in [0.3, 0.4) is 0 Å². The molecule has 1 atom stereocenters. The zero-order valence-corrected chi connectivity index (χ0v) is 13.3. The van der Waals surface area contributed by atoms with Gasteiger partial charge < -0.3 is 10.0 Å². The highest BCUT2D eigenvalue weighted by molar-refractivity contribution is 5.96. The molecular formula is C17H21N3O3. The third-order valence-corrected chi connectivity index (χ3v) is 3.79. The van der Waals surface area contributed by atoms with E-state index in [4.69, 9.17) is 5.11 Å². The summed E-state index contributed by atoms with van der Waals surface area (Å²) in [6.07, 6.45) is 4.29. The molecule has 23 heavy (non-hydrogen) atoms. The molecule has 0 radical (unpaired) electrons. The van der Waals surface area contributed by atoms with Crippen LogP contribution in [0.25, 0.3) is 0 Å². The fourth-order valence-electron chi connectivity index (χ4n) is 2.29. The maximum atomic E-state index is 12.6. The van der Waals surface area contributed by atoms with Crippen LogP contribution in [0.4, 0.5) is 0 Å². The van der Waals surface area contributed by atoms with Gasteiger partial charge in [0.25, 0.3) is 5.91 Å². The lowest BCUT2D eigenvalue weighted by molar-refractivity contribution is -0.138. The second-order valence-corrected chi connectivity index (χ2v) is 5.48. The number of carboxylic acid groups (broad SMARTS) is 1. The lowest BCUT2D eigenvalue weighted by Crippen LogP contribution is -2.41. The molecule has 0 bridgehead atoms. The first-order valence-electron chi connectivity index (χ1n) is 7.60. The minimum Gasteiger partial charge on any atom is -0.480 e. The zero-order valence-electron chi connectivity index (χ0n) is 13.3. The molecule has 1 unspecified atom stereocenters. The van der Waals surface area contributed by atoms with Gasteiger partial charge in [-0.1, -0.05) is 19.1 Å². The highest BCUT2D eigenvalue weighted by Crippen LogP contribution is 2.12. The number of carboxylic acids is 1. The van der Waals surface area contributed by atoms with Crippen molar-refractivity contribution in [1.29, 1.82) is 0 Å². The van der Waals surface area contributed by atoms with Gasteiger partial charge in [-0.05, 0) is 37.1 Å². The molecule has 6 nitrogen and oxygen atoms in total. The first-order chi connectivity index (χ1) is 11.0. The Bertz CT molecular complexity index is 650. The number of nitrogens with zero attached hydrogens (tertiary/aromatic N) is 3. The standard InChI is InChI=1S/C17H21N3O3/c1-3-13(2)20(12-16(21)22)17(23)15-7-5-14(6-8-15)11-19-10-4-9-18-19/h4-10,13H,3,11-12H2,1-2H3,(H,21,22). The van der Waals surface area contributed by atoms with E-state index in [0.717, 1.165) is 5.56 Å². The number of aliphatic carboxylic acids is 1. The van der Waals surface area contributed by atoms with Gasteiger partial charge in [-0.15, -0.1) is 0 Å². The van der Waals surface area contributed by atoms with Crippen LogP contribution in [0.15, 0.2) is 42.7 Å². The Morgan fingerprint density at radius 2 is 2.00 bits per heavy atom. The SMILES string of the molecule is CCC(C)N(CC(=O)O)C(=O)c1ccc(Cn2cccn2)cc1. The molecule has 0 saturated carbocycles. The van der Waals surface area contributed by atoms with E-state index in [0.29, 0.717) is 18.5 Å². The van der Waals surface area contributed by atoms with Crippen LogP contribution in [0.5, 0.6) is 0 Å². The van der Waals surface area contributed by atoms with Crippen molar-refractivity contribution in [1.82, 2.24) is 14.7 Å². The van der Waals surface area contributed by atoms with Gasteiger partial charge in [0, 0.05) is 24.0 Å². The molecule has 0 spiro atoms. The summed E-state index contributed by atoms with van der Waals surface area (Å²) < 4.78 is 1.80. The summed E-state index contributed by atoms with van der Waals surface area (Å²) >= 11 is 0. The molecule has 2 rings (SSSR count). The summed E-state index contributed by atoms with van der Waals surface area (Å²) in [5.74, 6) is -1.26. The van der Waals surface area contributed by atoms with Crippen molar-refractivity contribution in [3.05, 3.63) is 53.9 Å². The molecule has 1 aromatic heterocycles. The summed E-state index contributed by atoms with van der Waals surface area (Å²) in [6, 6.07) is 8.93. The average Bonchev–Trinajstić information content (AvgIpc) is 3.05. The van der Waals surface area contributed by atoms with E-state index in [1.54, 1.807) is 23.0 Å². The number of hydrogen-bond acceptors (Lipinski definition) is 3. The molecule has 0 saturated heterocycles. The number of amides is 1. The molecule has 2 aromatic rings. The van der Waals surface area contributed by atoms with Crippen LogP contribution in [-0.2, 0) is 11.3 Å². The molecule has 1 heterocycles. The summed E-state index contributed by atoms with van der Waals surface area (Å²) in [4.78, 5) is 24.9. The van der Waals surface area contributed by atoms with Crippen molar-refractivity contribution >= 4 is 11.9 Å². The van der Waals surface area contributed by atoms with Crippen LogP contribution < -0.4 is 0 Å². The Hall–Kier alpha value is -2.63. The Kier molecular flexibility index (Phi) is 5.51. The predicted molar refractivity (Wildman–Crippen MR) is 86.2 cm³/mol. The number of aromatic nitrogens is 2.